The molecule has 32 heavy (non-hydrogen) atoms. The number of hydrogen-bond acceptors (Lipinski definition) is 5. The Kier molecular flexibility index (Phi) is 5.31. The predicted octanol–water partition coefficient (Wildman–Crippen LogP) is 3.41. The molecule has 2 spiro atoms. The van der Waals surface area contributed by atoms with E-state index in [1.54, 1.807) is 7.05 Å². The third-order valence-electron chi connectivity index (χ3n) is 6.48. The maximum Gasteiger partial charge on any atom is 0.210 e. The molecule has 2 aliphatic heterocycles. The van der Waals surface area contributed by atoms with Crippen molar-refractivity contribution in [2.75, 3.05) is 20.3 Å². The van der Waals surface area contributed by atoms with E-state index in [0.29, 0.717) is 55.7 Å². The lowest BCUT2D eigenvalue weighted by Crippen LogP contribution is -2.47. The van der Waals surface area contributed by atoms with E-state index in [1.807, 2.05) is 49.5 Å². The minimum atomic E-state index is -0.882. The molecule has 0 atom stereocenters. The van der Waals surface area contributed by atoms with Crippen LogP contribution in [0.4, 0.5) is 0 Å². The molecule has 0 unspecified atom stereocenters. The van der Waals surface area contributed by atoms with Crippen LogP contribution in [-0.4, -0.2) is 48.8 Å². The van der Waals surface area contributed by atoms with Gasteiger partial charge in [-0.15, -0.1) is 0 Å². The zero-order valence-corrected chi connectivity index (χ0v) is 18.4. The molecule has 0 radical (unpaired) electrons. The number of aliphatic imine (C=N–C) groups is 1. The fraction of sp³-hybridized carbons (Fsp3) is 0.400. The molecule has 1 aliphatic carbocycles. The summed E-state index contributed by atoms with van der Waals surface area (Å²) in [6, 6.07) is 11.8. The molecule has 1 aromatic carbocycles. The predicted molar refractivity (Wildman–Crippen MR) is 121 cm³/mol. The smallest absolute Gasteiger partial charge is 0.210 e. The lowest BCUT2D eigenvalue weighted by Gasteiger charge is -2.40. The number of carbonyl (C=O) groups is 1. The van der Waals surface area contributed by atoms with Crippen LogP contribution in [0.1, 0.15) is 42.4 Å². The summed E-state index contributed by atoms with van der Waals surface area (Å²) in [5.41, 5.74) is 3.21. The average molecular weight is 434 g/mol. The Hall–Kier alpha value is -3.03. The summed E-state index contributed by atoms with van der Waals surface area (Å²) in [5, 5.41) is 0. The van der Waals surface area contributed by atoms with Crippen molar-refractivity contribution in [3.63, 3.8) is 0 Å². The molecule has 5 rings (SSSR count). The Morgan fingerprint density at radius 3 is 2.47 bits per heavy atom. The van der Waals surface area contributed by atoms with Crippen LogP contribution >= 0.6 is 0 Å². The van der Waals surface area contributed by atoms with Crippen LogP contribution in [0.15, 0.2) is 52.6 Å². The van der Waals surface area contributed by atoms with E-state index in [4.69, 9.17) is 14.2 Å². The van der Waals surface area contributed by atoms with E-state index < -0.39 is 11.4 Å². The number of H-pyrrole nitrogens is 1. The topological polar surface area (TPSA) is 85.3 Å². The molecule has 166 valence electrons. The van der Waals surface area contributed by atoms with Crippen LogP contribution in [0.2, 0.25) is 0 Å². The van der Waals surface area contributed by atoms with Crippen molar-refractivity contribution in [3.05, 3.63) is 64.8 Å². The van der Waals surface area contributed by atoms with Gasteiger partial charge in [-0.25, -0.2) is 4.99 Å². The second kappa shape index (κ2) is 8.15. The van der Waals surface area contributed by atoms with Gasteiger partial charge in [-0.1, -0.05) is 29.8 Å². The number of rotatable bonds is 3. The molecular formula is C25H27N3O4. The van der Waals surface area contributed by atoms with Crippen LogP contribution in [0.3, 0.4) is 0 Å². The summed E-state index contributed by atoms with van der Waals surface area (Å²) in [5.74, 6) is 0.0911. The van der Waals surface area contributed by atoms with Crippen molar-refractivity contribution in [1.82, 2.24) is 4.98 Å². The summed E-state index contributed by atoms with van der Waals surface area (Å²) in [6.07, 6.45) is 5.73. The summed E-state index contributed by atoms with van der Waals surface area (Å²) in [4.78, 5) is 25.1. The molecule has 2 fully saturated rings. The lowest BCUT2D eigenvalue weighted by molar-refractivity contribution is -0.199. The molecule has 2 aromatic rings. The first-order valence-corrected chi connectivity index (χ1v) is 11.0. The Balaban J connectivity index is 1.54. The lowest BCUT2D eigenvalue weighted by atomic mass is 9.77. The van der Waals surface area contributed by atoms with E-state index >= 15 is 0 Å². The number of aryl methyl sites for hydroxylation is 1. The number of nitrogens with zero attached hydrogens (tertiary/aromatic N) is 2. The molecule has 3 aliphatic rings. The second-order valence-corrected chi connectivity index (χ2v) is 8.57. The van der Waals surface area contributed by atoms with Crippen molar-refractivity contribution in [1.29, 1.82) is 0 Å². The van der Waals surface area contributed by atoms with Crippen LogP contribution in [0.25, 0.3) is 11.3 Å². The first-order valence-electron chi connectivity index (χ1n) is 11.0. The van der Waals surface area contributed by atoms with Gasteiger partial charge in [0.05, 0.1) is 18.8 Å². The molecule has 0 amide bonds. The maximum absolute atomic E-state index is 13.9. The van der Waals surface area contributed by atoms with Gasteiger partial charge in [0, 0.05) is 31.6 Å². The number of carbonyl (C=O) groups excluding carboxylic acids is 1. The number of nitrogens with one attached hydrogen (secondary N) is 1. The average Bonchev–Trinajstić information content (AvgIpc) is 3.38. The summed E-state index contributed by atoms with van der Waals surface area (Å²) in [6.45, 7) is 3.24. The molecule has 1 saturated heterocycles. The fourth-order valence-electron chi connectivity index (χ4n) is 4.80. The number of benzene rings is 1. The zero-order chi connectivity index (χ0) is 22.2. The number of Topliss-reactive ketones (excluding diaryl/α,β-unsaturated/α-hetero) is 1. The van der Waals surface area contributed by atoms with Gasteiger partial charge >= 0.3 is 0 Å². The molecule has 1 N–H and O–H groups in total. The van der Waals surface area contributed by atoms with Crippen LogP contribution in [0, 0.1) is 6.92 Å². The van der Waals surface area contributed by atoms with Gasteiger partial charge in [0.25, 0.3) is 0 Å². The first-order chi connectivity index (χ1) is 15.5. The normalized spacial score (nSPS) is 22.4. The number of hydrogen-bond donors (Lipinski definition) is 1. The Morgan fingerprint density at radius 1 is 1.03 bits per heavy atom. The van der Waals surface area contributed by atoms with Gasteiger partial charge < -0.3 is 19.2 Å². The Bertz CT molecular complexity index is 1140. The van der Waals surface area contributed by atoms with Crippen molar-refractivity contribution in [2.24, 2.45) is 9.98 Å². The summed E-state index contributed by atoms with van der Waals surface area (Å²) >= 11 is 0. The van der Waals surface area contributed by atoms with Crippen molar-refractivity contribution < 1.29 is 19.0 Å². The largest absolute Gasteiger partial charge is 0.478 e. The van der Waals surface area contributed by atoms with Gasteiger partial charge in [0.1, 0.15) is 17.6 Å². The third-order valence-corrected chi connectivity index (χ3v) is 6.48. The van der Waals surface area contributed by atoms with Crippen molar-refractivity contribution in [3.8, 4) is 0 Å². The SMILES string of the molecule is C/N=C\N=c1\ccc(C2=C(c3cccc(C)c3)C(=O)C3(CCC4(CC3)OCCO4)O2)c[nH]1. The van der Waals surface area contributed by atoms with Gasteiger partial charge in [-0.05, 0) is 37.5 Å². The fourth-order valence-corrected chi connectivity index (χ4v) is 4.80. The van der Waals surface area contributed by atoms with E-state index in [9.17, 15) is 4.79 Å². The van der Waals surface area contributed by atoms with Crippen molar-refractivity contribution >= 4 is 23.5 Å². The van der Waals surface area contributed by atoms with Gasteiger partial charge in [-0.2, -0.15) is 0 Å². The third kappa shape index (κ3) is 3.61. The highest BCUT2D eigenvalue weighted by atomic mass is 16.7. The highest BCUT2D eigenvalue weighted by Gasteiger charge is 2.56. The van der Waals surface area contributed by atoms with Crippen molar-refractivity contribution in [2.45, 2.75) is 44.0 Å². The highest BCUT2D eigenvalue weighted by Crippen LogP contribution is 2.51. The number of ether oxygens (including phenoxy) is 3. The number of pyridine rings is 1. The van der Waals surface area contributed by atoms with Gasteiger partial charge in [0.15, 0.2) is 11.4 Å². The molecule has 3 heterocycles. The maximum atomic E-state index is 13.9. The minimum Gasteiger partial charge on any atom is -0.478 e. The standard InChI is InChI=1S/C25H27N3O4/c1-17-4-3-5-18(14-17)21-22(19-6-7-20(27-15-19)28-16-26-2)32-24(23(21)29)8-10-25(11-9-24)30-12-13-31-25/h3-7,14-16H,8-13H2,1-2H3,(H,26,27,28). The molecule has 7 nitrogen and oxygen atoms in total. The molecule has 7 heteroatoms. The first kappa shape index (κ1) is 20.8. The van der Waals surface area contributed by atoms with Crippen LogP contribution < -0.4 is 5.49 Å². The number of ketones is 1. The van der Waals surface area contributed by atoms with Crippen LogP contribution in [-0.2, 0) is 19.0 Å². The minimum absolute atomic E-state index is 0.0397. The quantitative estimate of drug-likeness (QED) is 0.594. The number of aromatic nitrogens is 1. The number of aromatic amines is 1. The Labute approximate surface area is 186 Å². The summed E-state index contributed by atoms with van der Waals surface area (Å²) < 4.78 is 18.3. The van der Waals surface area contributed by atoms with Gasteiger partial charge in [-0.3, -0.25) is 9.79 Å². The molecule has 0 bridgehead atoms. The second-order valence-electron chi connectivity index (χ2n) is 8.57. The van der Waals surface area contributed by atoms with Crippen LogP contribution in [0.5, 0.6) is 0 Å². The van der Waals surface area contributed by atoms with E-state index in [2.05, 4.69) is 15.0 Å². The zero-order valence-electron chi connectivity index (χ0n) is 18.4. The monoisotopic (exact) mass is 433 g/mol. The van der Waals surface area contributed by atoms with E-state index in [0.717, 1.165) is 16.7 Å². The van der Waals surface area contributed by atoms with E-state index in [1.165, 1.54) is 6.34 Å². The van der Waals surface area contributed by atoms with E-state index in [-0.39, 0.29) is 5.78 Å². The Morgan fingerprint density at radius 2 is 1.81 bits per heavy atom. The summed E-state index contributed by atoms with van der Waals surface area (Å²) in [7, 11) is 1.67. The molecular weight excluding hydrogens is 406 g/mol. The molecule has 1 aromatic heterocycles. The molecule has 1 saturated carbocycles. The highest BCUT2D eigenvalue weighted by molar-refractivity contribution is 6.33. The van der Waals surface area contributed by atoms with Gasteiger partial charge in [0.2, 0.25) is 5.78 Å².